The van der Waals surface area contributed by atoms with E-state index in [-0.39, 0.29) is 5.91 Å². The molecule has 2 aliphatic rings. The number of fused-ring (bicyclic) bond motifs is 2. The Balaban J connectivity index is 1.36. The second kappa shape index (κ2) is 7.99. The largest absolute Gasteiger partial charge is 0.368 e. The summed E-state index contributed by atoms with van der Waals surface area (Å²) in [6.45, 7) is 3.16. The Labute approximate surface area is 165 Å². The molecule has 4 rings (SSSR count). The molecule has 0 fully saturated rings. The lowest BCUT2D eigenvalue weighted by Gasteiger charge is -2.20. The molecule has 1 aromatic carbocycles. The monoisotopic (exact) mass is 376 g/mol. The summed E-state index contributed by atoms with van der Waals surface area (Å²) in [4.78, 5) is 23.5. The van der Waals surface area contributed by atoms with Gasteiger partial charge in [0.05, 0.1) is 18.8 Å². The van der Waals surface area contributed by atoms with Gasteiger partial charge in [-0.15, -0.1) is 12.3 Å². The molecule has 1 aliphatic carbocycles. The first-order valence-electron chi connectivity index (χ1n) is 9.66. The van der Waals surface area contributed by atoms with Crippen molar-refractivity contribution in [1.82, 2.24) is 14.9 Å². The predicted molar refractivity (Wildman–Crippen MR) is 106 cm³/mol. The van der Waals surface area contributed by atoms with E-state index in [2.05, 4.69) is 45.5 Å². The number of benzene rings is 1. The molecule has 1 amide bonds. The highest BCUT2D eigenvalue weighted by Gasteiger charge is 2.29. The van der Waals surface area contributed by atoms with Crippen LogP contribution in [-0.4, -0.2) is 39.5 Å². The normalized spacial score (nSPS) is 16.4. The van der Waals surface area contributed by atoms with Crippen LogP contribution in [0.3, 0.4) is 0 Å². The number of nitrogens with one attached hydrogen (secondary N) is 1. The van der Waals surface area contributed by atoms with Crippen molar-refractivity contribution < 1.29 is 9.53 Å². The Hall–Kier alpha value is -2.91. The first kappa shape index (κ1) is 18.5. The van der Waals surface area contributed by atoms with Gasteiger partial charge in [-0.05, 0) is 30.9 Å². The Morgan fingerprint density at radius 3 is 2.79 bits per heavy atom. The van der Waals surface area contributed by atoms with Crippen LogP contribution in [0.15, 0.2) is 30.5 Å². The lowest BCUT2D eigenvalue weighted by atomic mass is 10.1. The van der Waals surface area contributed by atoms with E-state index in [1.165, 1.54) is 11.1 Å². The maximum absolute atomic E-state index is 12.6. The van der Waals surface area contributed by atoms with Crippen LogP contribution in [0.1, 0.15) is 35.7 Å². The second-order valence-corrected chi connectivity index (χ2v) is 7.35. The summed E-state index contributed by atoms with van der Waals surface area (Å²) in [7, 11) is 0. The quantitative estimate of drug-likeness (QED) is 0.619. The van der Waals surface area contributed by atoms with E-state index >= 15 is 0 Å². The maximum Gasteiger partial charge on any atom is 0.252 e. The third-order valence-corrected chi connectivity index (χ3v) is 5.31. The van der Waals surface area contributed by atoms with Gasteiger partial charge in [0.2, 0.25) is 5.95 Å². The van der Waals surface area contributed by atoms with Gasteiger partial charge in [-0.1, -0.05) is 24.3 Å². The zero-order valence-electron chi connectivity index (χ0n) is 16.0. The number of hydrogen-bond acceptors (Lipinski definition) is 5. The van der Waals surface area contributed by atoms with Gasteiger partial charge in [0.25, 0.3) is 5.91 Å². The fourth-order valence-corrected chi connectivity index (χ4v) is 3.85. The number of nitrogens with zero attached hydrogens (tertiary/aromatic N) is 3. The molecule has 144 valence electrons. The fraction of sp³-hybridized carbons (Fsp3) is 0.409. The molecule has 6 nitrogen and oxygen atoms in total. The minimum atomic E-state index is -0.509. The molecule has 1 atom stereocenters. The highest BCUT2D eigenvalue weighted by molar-refractivity contribution is 5.81. The van der Waals surface area contributed by atoms with Crippen molar-refractivity contribution in [2.75, 3.05) is 11.9 Å². The van der Waals surface area contributed by atoms with Gasteiger partial charge >= 0.3 is 0 Å². The molecule has 0 radical (unpaired) electrons. The minimum Gasteiger partial charge on any atom is -0.368 e. The molecule has 1 aliphatic heterocycles. The van der Waals surface area contributed by atoms with Gasteiger partial charge in [0.15, 0.2) is 0 Å². The molecule has 1 unspecified atom stereocenters. The number of amides is 1. The summed E-state index contributed by atoms with van der Waals surface area (Å²) < 4.78 is 5.52. The number of carbonyl (C=O) groups is 1. The van der Waals surface area contributed by atoms with Gasteiger partial charge in [-0.25, -0.2) is 9.97 Å². The lowest BCUT2D eigenvalue weighted by molar-refractivity contribution is -0.143. The third-order valence-electron chi connectivity index (χ3n) is 5.31. The molecule has 1 N–H and O–H groups in total. The van der Waals surface area contributed by atoms with Crippen LogP contribution in [0.5, 0.6) is 0 Å². The Morgan fingerprint density at radius 1 is 1.32 bits per heavy atom. The molecule has 0 bridgehead atoms. The Morgan fingerprint density at radius 2 is 2.07 bits per heavy atom. The number of aromatic nitrogens is 2. The summed E-state index contributed by atoms with van der Waals surface area (Å²) in [5.41, 5.74) is 4.66. The van der Waals surface area contributed by atoms with Gasteiger partial charge < -0.3 is 15.0 Å². The lowest BCUT2D eigenvalue weighted by Crippen LogP contribution is -2.35. The van der Waals surface area contributed by atoms with Crippen LogP contribution in [-0.2, 0) is 35.5 Å². The van der Waals surface area contributed by atoms with Crippen molar-refractivity contribution in [2.24, 2.45) is 0 Å². The summed E-state index contributed by atoms with van der Waals surface area (Å²) in [5.74, 6) is 3.10. The second-order valence-electron chi connectivity index (χ2n) is 7.35. The predicted octanol–water partition coefficient (Wildman–Crippen LogP) is 2.33. The highest BCUT2D eigenvalue weighted by Crippen LogP contribution is 2.26. The Bertz CT molecular complexity index is 896. The standard InChI is InChI=1S/C22H24N4O2/c1-3-4-9-28-15(2)21(27)26-13-18-12-23-22(25-20(18)14-26)24-19-10-16-7-5-6-8-17(16)11-19/h1,5-8,12,15,19H,4,9-11,13-14H2,2H3,(H,23,24,25). The van der Waals surface area contributed by atoms with E-state index < -0.39 is 6.10 Å². The zero-order chi connectivity index (χ0) is 19.5. The average molecular weight is 376 g/mol. The molecule has 0 saturated carbocycles. The molecule has 1 aromatic heterocycles. The van der Waals surface area contributed by atoms with Crippen molar-refractivity contribution in [3.05, 3.63) is 52.8 Å². The van der Waals surface area contributed by atoms with Gasteiger partial charge in [-0.2, -0.15) is 0 Å². The van der Waals surface area contributed by atoms with Crippen LogP contribution in [0.4, 0.5) is 5.95 Å². The van der Waals surface area contributed by atoms with E-state index in [9.17, 15) is 4.79 Å². The first-order chi connectivity index (χ1) is 13.6. The van der Waals surface area contributed by atoms with E-state index in [1.807, 2.05) is 6.20 Å². The average Bonchev–Trinajstić information content (AvgIpc) is 3.30. The fourth-order valence-electron chi connectivity index (χ4n) is 3.85. The zero-order valence-corrected chi connectivity index (χ0v) is 16.0. The van der Waals surface area contributed by atoms with Crippen LogP contribution in [0.25, 0.3) is 0 Å². The minimum absolute atomic E-state index is 0.0456. The smallest absolute Gasteiger partial charge is 0.252 e. The van der Waals surface area contributed by atoms with Crippen molar-refractivity contribution >= 4 is 11.9 Å². The van der Waals surface area contributed by atoms with Crippen molar-refractivity contribution in [3.8, 4) is 12.3 Å². The Kier molecular flexibility index (Phi) is 5.27. The molecular formula is C22H24N4O2. The van der Waals surface area contributed by atoms with E-state index in [1.54, 1.807) is 11.8 Å². The van der Waals surface area contributed by atoms with Crippen molar-refractivity contribution in [1.29, 1.82) is 0 Å². The van der Waals surface area contributed by atoms with Crippen LogP contribution >= 0.6 is 0 Å². The summed E-state index contributed by atoms with van der Waals surface area (Å²) in [5, 5.41) is 3.45. The molecule has 28 heavy (non-hydrogen) atoms. The van der Waals surface area contributed by atoms with Crippen LogP contribution in [0, 0.1) is 12.3 Å². The summed E-state index contributed by atoms with van der Waals surface area (Å²) in [6.07, 6.45) is 9.00. The van der Waals surface area contributed by atoms with E-state index in [4.69, 9.17) is 11.2 Å². The summed E-state index contributed by atoms with van der Waals surface area (Å²) >= 11 is 0. The number of hydrogen-bond donors (Lipinski definition) is 1. The SMILES string of the molecule is C#CCCOC(C)C(=O)N1Cc2cnc(NC3Cc4ccccc4C3)nc2C1. The van der Waals surface area contributed by atoms with Crippen molar-refractivity contribution in [2.45, 2.75) is 51.4 Å². The van der Waals surface area contributed by atoms with Gasteiger partial charge in [-0.3, -0.25) is 4.79 Å². The number of terminal acetylenes is 1. The number of carbonyl (C=O) groups excluding carboxylic acids is 1. The van der Waals surface area contributed by atoms with Crippen molar-refractivity contribution in [3.63, 3.8) is 0 Å². The van der Waals surface area contributed by atoms with E-state index in [0.717, 1.165) is 24.1 Å². The first-order valence-corrected chi connectivity index (χ1v) is 9.66. The van der Waals surface area contributed by atoms with Crippen LogP contribution in [0.2, 0.25) is 0 Å². The van der Waals surface area contributed by atoms with Gasteiger partial charge in [0.1, 0.15) is 6.10 Å². The molecule has 6 heteroatoms. The topological polar surface area (TPSA) is 67.3 Å². The molecule has 2 heterocycles. The molecule has 2 aromatic rings. The molecular weight excluding hydrogens is 352 g/mol. The number of anilines is 1. The maximum atomic E-state index is 12.6. The van der Waals surface area contributed by atoms with E-state index in [0.29, 0.717) is 38.1 Å². The number of rotatable bonds is 6. The van der Waals surface area contributed by atoms with Gasteiger partial charge in [0, 0.05) is 30.8 Å². The van der Waals surface area contributed by atoms with Crippen LogP contribution < -0.4 is 5.32 Å². The summed E-state index contributed by atoms with van der Waals surface area (Å²) in [6, 6.07) is 8.82. The molecule has 0 spiro atoms. The third kappa shape index (κ3) is 3.85. The highest BCUT2D eigenvalue weighted by atomic mass is 16.5. The number of ether oxygens (including phenoxy) is 1. The molecule has 0 saturated heterocycles.